The zero-order valence-corrected chi connectivity index (χ0v) is 33.4. The first kappa shape index (κ1) is 35.2. The molecule has 0 spiro atoms. The Morgan fingerprint density at radius 3 is 1.90 bits per heavy atom. The first-order valence-corrected chi connectivity index (χ1v) is 20.9. The van der Waals surface area contributed by atoms with Gasteiger partial charge in [0.05, 0.1) is 5.71 Å². The van der Waals surface area contributed by atoms with Gasteiger partial charge in [-0.2, -0.15) is 0 Å². The van der Waals surface area contributed by atoms with E-state index in [4.69, 9.17) is 4.99 Å². The maximum atomic E-state index is 5.35. The summed E-state index contributed by atoms with van der Waals surface area (Å²) >= 11 is 0. The molecule has 1 unspecified atom stereocenters. The minimum absolute atomic E-state index is 0.184. The molecule has 0 bridgehead atoms. The molecule has 0 saturated carbocycles. The third-order valence-corrected chi connectivity index (χ3v) is 12.8. The summed E-state index contributed by atoms with van der Waals surface area (Å²) in [7, 11) is 0. The number of hydrogen-bond acceptors (Lipinski definition) is 2. The van der Waals surface area contributed by atoms with E-state index in [9.17, 15) is 0 Å². The standard InChI is InChI=1S/C57H44N2/c1-57(2)51-35-43(30-31-49(51)54-50(34-42-22-12-13-23-45(42)55(54)57)39-28-26-38(27-29-39)37-16-6-3-7-17-37)44-32-33-48(47-25-15-14-24-46(44)47)56-58-52(40-18-8-4-9-19-40)36-53(59-56)41-20-10-5-11-21-41/h3-11,13-21,23-36,56,58H,12,22H2,1-2H3. The number of nitrogens with one attached hydrogen (secondary N) is 1. The predicted molar refractivity (Wildman–Crippen MR) is 248 cm³/mol. The number of aryl methyl sites for hydroxylation is 1. The van der Waals surface area contributed by atoms with Gasteiger partial charge in [0.2, 0.25) is 0 Å². The minimum Gasteiger partial charge on any atom is -0.359 e. The van der Waals surface area contributed by atoms with Gasteiger partial charge in [0.25, 0.3) is 0 Å². The van der Waals surface area contributed by atoms with Crippen molar-refractivity contribution in [2.75, 3.05) is 0 Å². The molecule has 0 aromatic heterocycles. The van der Waals surface area contributed by atoms with Crippen molar-refractivity contribution in [2.45, 2.75) is 38.3 Å². The van der Waals surface area contributed by atoms with Crippen molar-refractivity contribution in [1.29, 1.82) is 0 Å². The van der Waals surface area contributed by atoms with E-state index >= 15 is 0 Å². The highest BCUT2D eigenvalue weighted by Gasteiger charge is 2.40. The van der Waals surface area contributed by atoms with Crippen LogP contribution < -0.4 is 5.32 Å². The van der Waals surface area contributed by atoms with E-state index in [1.807, 2.05) is 0 Å². The van der Waals surface area contributed by atoms with E-state index in [2.05, 4.69) is 213 Å². The summed E-state index contributed by atoms with van der Waals surface area (Å²) in [5.74, 6) is 0. The number of nitrogens with zero attached hydrogens (tertiary/aromatic N) is 1. The van der Waals surface area contributed by atoms with Crippen molar-refractivity contribution < 1.29 is 0 Å². The zero-order valence-electron chi connectivity index (χ0n) is 33.4. The second kappa shape index (κ2) is 14.1. The number of benzene rings is 8. The quantitative estimate of drug-likeness (QED) is 0.180. The number of hydrogen-bond donors (Lipinski definition) is 1. The second-order valence-corrected chi connectivity index (χ2v) is 16.6. The number of rotatable bonds is 6. The molecular formula is C57H44N2. The molecule has 1 aliphatic heterocycles. The van der Waals surface area contributed by atoms with Crippen LogP contribution in [0, 0.1) is 0 Å². The molecule has 59 heavy (non-hydrogen) atoms. The number of aliphatic imine (C=N–C) groups is 1. The molecule has 3 aliphatic rings. The lowest BCUT2D eigenvalue weighted by molar-refractivity contribution is 0.657. The van der Waals surface area contributed by atoms with Gasteiger partial charge < -0.3 is 5.32 Å². The summed E-state index contributed by atoms with van der Waals surface area (Å²) in [6, 6.07) is 64.2. The molecule has 1 atom stereocenters. The molecule has 0 amide bonds. The van der Waals surface area contributed by atoms with Crippen molar-refractivity contribution in [2.24, 2.45) is 4.99 Å². The maximum absolute atomic E-state index is 5.35. The molecule has 2 nitrogen and oxygen atoms in total. The summed E-state index contributed by atoms with van der Waals surface area (Å²) in [6.07, 6.45) is 8.83. The topological polar surface area (TPSA) is 24.4 Å². The normalized spacial score (nSPS) is 16.1. The molecule has 0 saturated heterocycles. The van der Waals surface area contributed by atoms with Crippen LogP contribution in [0.5, 0.6) is 0 Å². The van der Waals surface area contributed by atoms with E-state index in [1.165, 1.54) is 77.5 Å². The smallest absolute Gasteiger partial charge is 0.146 e. The molecular weight excluding hydrogens is 713 g/mol. The Labute approximate surface area is 347 Å². The minimum atomic E-state index is -0.253. The van der Waals surface area contributed by atoms with Crippen molar-refractivity contribution in [1.82, 2.24) is 5.32 Å². The fourth-order valence-electron chi connectivity index (χ4n) is 9.85. The average molecular weight is 757 g/mol. The summed E-state index contributed by atoms with van der Waals surface area (Å²) in [5, 5.41) is 6.25. The highest BCUT2D eigenvalue weighted by atomic mass is 15.1. The third-order valence-electron chi connectivity index (χ3n) is 12.8. The molecule has 1 heterocycles. The van der Waals surface area contributed by atoms with Gasteiger partial charge >= 0.3 is 0 Å². The van der Waals surface area contributed by atoms with E-state index < -0.39 is 0 Å². The Bertz CT molecular complexity index is 3010. The fourth-order valence-corrected chi connectivity index (χ4v) is 9.85. The SMILES string of the molecule is CC1(C)c2cc(-c3ccc(C4N=C(c5ccccc5)C=C(c5ccccc5)N4)c4ccccc34)ccc2-c2c(-c3ccc(-c4ccccc4)cc3)cc3c(c21)C=CCC3. The van der Waals surface area contributed by atoms with E-state index in [0.717, 1.165) is 40.9 Å². The summed E-state index contributed by atoms with van der Waals surface area (Å²) < 4.78 is 0. The lowest BCUT2D eigenvalue weighted by atomic mass is 9.76. The monoisotopic (exact) mass is 756 g/mol. The van der Waals surface area contributed by atoms with Gasteiger partial charge in [-0.25, -0.2) is 0 Å². The first-order valence-electron chi connectivity index (χ1n) is 20.9. The molecule has 282 valence electrons. The van der Waals surface area contributed by atoms with Gasteiger partial charge in [0.15, 0.2) is 0 Å². The Kier molecular flexibility index (Phi) is 8.41. The van der Waals surface area contributed by atoms with Crippen LogP contribution in [0.4, 0.5) is 0 Å². The van der Waals surface area contributed by atoms with Gasteiger partial charge in [-0.3, -0.25) is 4.99 Å². The lowest BCUT2D eigenvalue weighted by Gasteiger charge is -2.27. The highest BCUT2D eigenvalue weighted by molar-refractivity contribution is 6.13. The second-order valence-electron chi connectivity index (χ2n) is 16.6. The van der Waals surface area contributed by atoms with E-state index in [0.29, 0.717) is 0 Å². The number of fused-ring (bicyclic) bond motifs is 6. The van der Waals surface area contributed by atoms with Crippen molar-refractivity contribution >= 4 is 28.3 Å². The Morgan fingerprint density at radius 2 is 1.15 bits per heavy atom. The van der Waals surface area contributed by atoms with Crippen molar-refractivity contribution in [3.63, 3.8) is 0 Å². The highest BCUT2D eigenvalue weighted by Crippen LogP contribution is 2.56. The fraction of sp³-hybridized carbons (Fsp3) is 0.105. The van der Waals surface area contributed by atoms with Crippen LogP contribution in [0.3, 0.4) is 0 Å². The van der Waals surface area contributed by atoms with Crippen LogP contribution in [-0.2, 0) is 11.8 Å². The van der Waals surface area contributed by atoms with E-state index in [1.54, 1.807) is 0 Å². The lowest BCUT2D eigenvalue weighted by Crippen LogP contribution is -2.25. The van der Waals surface area contributed by atoms with Crippen LogP contribution in [0.15, 0.2) is 193 Å². The molecule has 8 aromatic rings. The Hall–Kier alpha value is -7.03. The molecule has 2 aliphatic carbocycles. The van der Waals surface area contributed by atoms with Gasteiger partial charge in [-0.15, -0.1) is 0 Å². The third kappa shape index (κ3) is 5.98. The largest absolute Gasteiger partial charge is 0.359 e. The van der Waals surface area contributed by atoms with Crippen LogP contribution in [0.25, 0.3) is 67.1 Å². The van der Waals surface area contributed by atoms with Crippen LogP contribution in [0.1, 0.15) is 65.4 Å². The van der Waals surface area contributed by atoms with Crippen molar-refractivity contribution in [3.05, 3.63) is 227 Å². The molecule has 0 radical (unpaired) electrons. The van der Waals surface area contributed by atoms with Gasteiger partial charge in [-0.05, 0) is 120 Å². The molecule has 2 heteroatoms. The predicted octanol–water partition coefficient (Wildman–Crippen LogP) is 14.2. The molecule has 0 fully saturated rings. The Morgan fingerprint density at radius 1 is 0.542 bits per heavy atom. The van der Waals surface area contributed by atoms with Crippen LogP contribution >= 0.6 is 0 Å². The number of allylic oxidation sites excluding steroid dienone is 2. The zero-order chi connectivity index (χ0) is 39.5. The summed E-state index contributed by atoms with van der Waals surface area (Å²) in [6.45, 7) is 4.87. The molecule has 11 rings (SSSR count). The van der Waals surface area contributed by atoms with Gasteiger partial charge in [0.1, 0.15) is 6.17 Å². The van der Waals surface area contributed by atoms with Crippen LogP contribution in [-0.4, -0.2) is 5.71 Å². The first-order chi connectivity index (χ1) is 29.0. The average Bonchev–Trinajstić information content (AvgIpc) is 3.55. The summed E-state index contributed by atoms with van der Waals surface area (Å²) in [5.41, 5.74) is 21.3. The van der Waals surface area contributed by atoms with Crippen molar-refractivity contribution in [3.8, 4) is 44.5 Å². The molecule has 1 N–H and O–H groups in total. The van der Waals surface area contributed by atoms with Gasteiger partial charge in [0, 0.05) is 16.7 Å². The van der Waals surface area contributed by atoms with E-state index in [-0.39, 0.29) is 11.6 Å². The van der Waals surface area contributed by atoms with Crippen LogP contribution in [0.2, 0.25) is 0 Å². The molecule has 8 aromatic carbocycles. The van der Waals surface area contributed by atoms with Gasteiger partial charge in [-0.1, -0.05) is 190 Å². The Balaban J connectivity index is 1.02. The maximum Gasteiger partial charge on any atom is 0.146 e. The summed E-state index contributed by atoms with van der Waals surface area (Å²) in [4.78, 5) is 5.35.